The molecule has 0 bridgehead atoms. The van der Waals surface area contributed by atoms with Crippen LogP contribution < -0.4 is 5.32 Å². The van der Waals surface area contributed by atoms with E-state index in [0.717, 1.165) is 28.2 Å². The van der Waals surface area contributed by atoms with E-state index in [0.29, 0.717) is 5.56 Å². The quantitative estimate of drug-likeness (QED) is 0.619. The fourth-order valence-corrected chi connectivity index (χ4v) is 2.72. The van der Waals surface area contributed by atoms with Crippen LogP contribution in [0.4, 0.5) is 5.69 Å². The van der Waals surface area contributed by atoms with Gasteiger partial charge in [-0.3, -0.25) is 9.78 Å². The van der Waals surface area contributed by atoms with Gasteiger partial charge in [0.2, 0.25) is 0 Å². The number of fused-ring (bicyclic) bond motifs is 1. The summed E-state index contributed by atoms with van der Waals surface area (Å²) in [7, 11) is 0. The molecule has 0 fully saturated rings. The fraction of sp³-hybridized carbons (Fsp3) is 0.0500. The van der Waals surface area contributed by atoms with Crippen LogP contribution in [0.3, 0.4) is 0 Å². The van der Waals surface area contributed by atoms with Crippen molar-refractivity contribution < 1.29 is 4.79 Å². The van der Waals surface area contributed by atoms with Crippen molar-refractivity contribution >= 4 is 17.2 Å². The number of nitrogens with one attached hydrogen (secondary N) is 1. The van der Waals surface area contributed by atoms with Gasteiger partial charge in [-0.2, -0.15) is 0 Å². The van der Waals surface area contributed by atoms with Gasteiger partial charge in [-0.15, -0.1) is 0 Å². The zero-order valence-electron chi connectivity index (χ0n) is 13.7. The van der Waals surface area contributed by atoms with Gasteiger partial charge in [0.15, 0.2) is 0 Å². The highest BCUT2D eigenvalue weighted by Gasteiger charge is 2.08. The Labute approximate surface area is 145 Å². The Bertz CT molecular complexity index is 1040. The first-order valence-electron chi connectivity index (χ1n) is 7.97. The van der Waals surface area contributed by atoms with E-state index in [4.69, 9.17) is 0 Å². The van der Waals surface area contributed by atoms with Crippen LogP contribution in [0.2, 0.25) is 0 Å². The Hall–Kier alpha value is -3.47. The lowest BCUT2D eigenvalue weighted by Gasteiger charge is -2.05. The van der Waals surface area contributed by atoms with Crippen LogP contribution in [0.1, 0.15) is 15.9 Å². The second-order valence-electron chi connectivity index (χ2n) is 5.82. The number of pyridine rings is 2. The summed E-state index contributed by atoms with van der Waals surface area (Å²) in [5, 5.41) is 2.88. The van der Waals surface area contributed by atoms with Gasteiger partial charge in [0.05, 0.1) is 5.69 Å². The first kappa shape index (κ1) is 15.1. The van der Waals surface area contributed by atoms with E-state index >= 15 is 0 Å². The summed E-state index contributed by atoms with van der Waals surface area (Å²) in [4.78, 5) is 20.8. The summed E-state index contributed by atoms with van der Waals surface area (Å²) in [6, 6.07) is 15.1. The minimum atomic E-state index is -0.154. The Morgan fingerprint density at radius 2 is 1.80 bits per heavy atom. The third-order valence-corrected chi connectivity index (χ3v) is 4.06. The number of hydrogen-bond acceptors (Lipinski definition) is 3. The number of benzene rings is 1. The molecule has 5 nitrogen and oxygen atoms in total. The van der Waals surface area contributed by atoms with E-state index in [1.54, 1.807) is 24.5 Å². The molecule has 0 unspecified atom stereocenters. The molecule has 0 saturated carbocycles. The fourth-order valence-electron chi connectivity index (χ4n) is 2.72. The maximum absolute atomic E-state index is 12.2. The number of aromatic nitrogens is 3. The molecule has 0 aliphatic rings. The molecule has 0 aliphatic carbocycles. The SMILES string of the molecule is Cc1cccn2cc(-c3ccc(NC(=O)c4ccncc4)cc3)nc12. The van der Waals surface area contributed by atoms with Gasteiger partial charge in [0, 0.05) is 41.6 Å². The number of anilines is 1. The molecule has 1 N–H and O–H groups in total. The van der Waals surface area contributed by atoms with Gasteiger partial charge < -0.3 is 9.72 Å². The summed E-state index contributed by atoms with van der Waals surface area (Å²) in [6.07, 6.45) is 7.20. The first-order valence-corrected chi connectivity index (χ1v) is 7.97. The first-order chi connectivity index (χ1) is 12.2. The summed E-state index contributed by atoms with van der Waals surface area (Å²) in [6.45, 7) is 2.05. The Morgan fingerprint density at radius 1 is 1.04 bits per heavy atom. The van der Waals surface area contributed by atoms with Crippen molar-refractivity contribution in [3.8, 4) is 11.3 Å². The zero-order chi connectivity index (χ0) is 17.2. The minimum Gasteiger partial charge on any atom is -0.322 e. The minimum absolute atomic E-state index is 0.154. The number of nitrogens with zero attached hydrogens (tertiary/aromatic N) is 3. The Morgan fingerprint density at radius 3 is 2.52 bits per heavy atom. The average molecular weight is 328 g/mol. The molecular weight excluding hydrogens is 312 g/mol. The maximum atomic E-state index is 12.2. The third-order valence-electron chi connectivity index (χ3n) is 4.06. The van der Waals surface area contributed by atoms with E-state index < -0.39 is 0 Å². The molecule has 25 heavy (non-hydrogen) atoms. The lowest BCUT2D eigenvalue weighted by molar-refractivity contribution is 0.102. The molecule has 0 atom stereocenters. The van der Waals surface area contributed by atoms with Gasteiger partial charge in [-0.05, 0) is 42.8 Å². The Kier molecular flexibility index (Phi) is 3.74. The summed E-state index contributed by atoms with van der Waals surface area (Å²) < 4.78 is 2.02. The molecular formula is C20H16N4O. The van der Waals surface area contributed by atoms with Gasteiger partial charge in [-0.1, -0.05) is 18.2 Å². The van der Waals surface area contributed by atoms with E-state index in [-0.39, 0.29) is 5.91 Å². The van der Waals surface area contributed by atoms with Gasteiger partial charge in [0.25, 0.3) is 5.91 Å². The molecule has 0 radical (unpaired) electrons. The van der Waals surface area contributed by atoms with Crippen molar-refractivity contribution in [2.24, 2.45) is 0 Å². The monoisotopic (exact) mass is 328 g/mol. The topological polar surface area (TPSA) is 59.3 Å². The number of aryl methyl sites for hydroxylation is 1. The molecule has 0 saturated heterocycles. The number of hydrogen-bond donors (Lipinski definition) is 1. The van der Waals surface area contributed by atoms with Crippen LogP contribution >= 0.6 is 0 Å². The highest BCUT2D eigenvalue weighted by atomic mass is 16.1. The molecule has 1 amide bonds. The smallest absolute Gasteiger partial charge is 0.255 e. The van der Waals surface area contributed by atoms with Crippen molar-refractivity contribution in [2.45, 2.75) is 6.92 Å². The summed E-state index contributed by atoms with van der Waals surface area (Å²) in [5.74, 6) is -0.154. The molecule has 122 valence electrons. The largest absolute Gasteiger partial charge is 0.322 e. The van der Waals surface area contributed by atoms with Crippen LogP contribution in [-0.4, -0.2) is 20.3 Å². The van der Waals surface area contributed by atoms with Crippen molar-refractivity contribution in [2.75, 3.05) is 5.32 Å². The summed E-state index contributed by atoms with van der Waals surface area (Å²) >= 11 is 0. The number of carbonyl (C=O) groups excluding carboxylic acids is 1. The molecule has 4 rings (SSSR count). The van der Waals surface area contributed by atoms with Crippen molar-refractivity contribution in [3.63, 3.8) is 0 Å². The predicted molar refractivity (Wildman–Crippen MR) is 97.6 cm³/mol. The molecule has 3 aromatic heterocycles. The number of imidazole rings is 1. The standard InChI is InChI=1S/C20H16N4O/c1-14-3-2-12-24-13-18(23-19(14)24)15-4-6-17(7-5-15)22-20(25)16-8-10-21-11-9-16/h2-13H,1H3,(H,22,25). The van der Waals surface area contributed by atoms with Gasteiger partial charge in [0.1, 0.15) is 5.65 Å². The van der Waals surface area contributed by atoms with E-state index in [1.807, 2.05) is 60.1 Å². The van der Waals surface area contributed by atoms with Gasteiger partial charge in [-0.25, -0.2) is 4.98 Å². The molecule has 0 aliphatic heterocycles. The second-order valence-corrected chi connectivity index (χ2v) is 5.82. The number of carbonyl (C=O) groups is 1. The molecule has 0 spiro atoms. The van der Waals surface area contributed by atoms with E-state index in [1.165, 1.54) is 0 Å². The third kappa shape index (κ3) is 2.99. The van der Waals surface area contributed by atoms with Crippen LogP contribution in [0.25, 0.3) is 16.9 Å². The average Bonchev–Trinajstić information content (AvgIpc) is 3.09. The highest BCUT2D eigenvalue weighted by Crippen LogP contribution is 2.22. The highest BCUT2D eigenvalue weighted by molar-refractivity contribution is 6.04. The van der Waals surface area contributed by atoms with Crippen LogP contribution in [-0.2, 0) is 0 Å². The number of rotatable bonds is 3. The van der Waals surface area contributed by atoms with Crippen LogP contribution in [0.5, 0.6) is 0 Å². The van der Waals surface area contributed by atoms with Gasteiger partial charge >= 0.3 is 0 Å². The maximum Gasteiger partial charge on any atom is 0.255 e. The van der Waals surface area contributed by atoms with E-state index in [2.05, 4.69) is 15.3 Å². The lowest BCUT2D eigenvalue weighted by atomic mass is 10.1. The van der Waals surface area contributed by atoms with Crippen molar-refractivity contribution in [1.82, 2.24) is 14.4 Å². The molecule has 3 heterocycles. The molecule has 4 aromatic rings. The zero-order valence-corrected chi connectivity index (χ0v) is 13.7. The second kappa shape index (κ2) is 6.20. The van der Waals surface area contributed by atoms with Crippen molar-refractivity contribution in [3.05, 3.63) is 84.4 Å². The summed E-state index contributed by atoms with van der Waals surface area (Å²) in [5.41, 5.74) is 5.31. The Balaban J connectivity index is 1.57. The van der Waals surface area contributed by atoms with Crippen LogP contribution in [0.15, 0.2) is 73.3 Å². The van der Waals surface area contributed by atoms with E-state index in [9.17, 15) is 4.79 Å². The number of amides is 1. The van der Waals surface area contributed by atoms with Crippen molar-refractivity contribution in [1.29, 1.82) is 0 Å². The lowest BCUT2D eigenvalue weighted by Crippen LogP contribution is -2.11. The normalized spacial score (nSPS) is 10.8. The van der Waals surface area contributed by atoms with Crippen LogP contribution in [0, 0.1) is 6.92 Å². The predicted octanol–water partition coefficient (Wildman–Crippen LogP) is 3.96. The molecule has 1 aromatic carbocycles. The molecule has 5 heteroatoms.